The van der Waals surface area contributed by atoms with E-state index >= 15 is 0 Å². The third kappa shape index (κ3) is 6.49. The number of nitrogens with one attached hydrogen (secondary N) is 1. The van der Waals surface area contributed by atoms with E-state index < -0.39 is 5.91 Å². The SMILES string of the molecule is COc1ccc(NC(=O)/C(C#N)=C\c2cc(I)c(OCc3cccc(C)c3)c(OC)c2)cc1. The number of hydrogen-bond donors (Lipinski definition) is 1. The van der Waals surface area contributed by atoms with Crippen molar-refractivity contribution in [2.45, 2.75) is 13.5 Å². The molecule has 0 atom stereocenters. The maximum absolute atomic E-state index is 12.6. The van der Waals surface area contributed by atoms with Gasteiger partial charge in [-0.25, -0.2) is 0 Å². The van der Waals surface area contributed by atoms with Crippen molar-refractivity contribution < 1.29 is 19.0 Å². The van der Waals surface area contributed by atoms with Crippen molar-refractivity contribution in [2.75, 3.05) is 19.5 Å². The molecule has 3 aromatic rings. The standard InChI is InChI=1S/C26H23IN2O4/c1-17-5-4-6-18(11-17)16-33-25-23(27)13-19(14-24(25)32-3)12-20(15-28)26(30)29-21-7-9-22(31-2)10-8-21/h4-14H,16H2,1-3H3,(H,29,30)/b20-12-. The first-order chi connectivity index (χ1) is 15.9. The van der Waals surface area contributed by atoms with Gasteiger partial charge in [0.1, 0.15) is 24.0 Å². The second-order valence-electron chi connectivity index (χ2n) is 7.16. The number of ether oxygens (including phenoxy) is 3. The third-order valence-corrected chi connectivity index (χ3v) is 5.54. The Morgan fingerprint density at radius 3 is 2.48 bits per heavy atom. The molecule has 3 rings (SSSR count). The molecule has 7 heteroatoms. The van der Waals surface area contributed by atoms with Gasteiger partial charge in [0.25, 0.3) is 5.91 Å². The van der Waals surface area contributed by atoms with E-state index in [2.05, 4.69) is 34.0 Å². The van der Waals surface area contributed by atoms with E-state index in [0.717, 1.165) is 14.7 Å². The first-order valence-electron chi connectivity index (χ1n) is 10.1. The van der Waals surface area contributed by atoms with Crippen molar-refractivity contribution in [2.24, 2.45) is 0 Å². The Balaban J connectivity index is 1.79. The van der Waals surface area contributed by atoms with Gasteiger partial charge in [-0.1, -0.05) is 29.8 Å². The summed E-state index contributed by atoms with van der Waals surface area (Å²) in [4.78, 5) is 12.6. The predicted octanol–water partition coefficient (Wildman–Crippen LogP) is 5.74. The van der Waals surface area contributed by atoms with Crippen LogP contribution in [-0.4, -0.2) is 20.1 Å². The molecule has 0 aliphatic rings. The monoisotopic (exact) mass is 554 g/mol. The highest BCUT2D eigenvalue weighted by atomic mass is 127. The van der Waals surface area contributed by atoms with E-state index in [0.29, 0.717) is 35.1 Å². The third-order valence-electron chi connectivity index (χ3n) is 4.74. The lowest BCUT2D eigenvalue weighted by molar-refractivity contribution is -0.112. The minimum Gasteiger partial charge on any atom is -0.497 e. The van der Waals surface area contributed by atoms with E-state index in [-0.39, 0.29) is 5.57 Å². The summed E-state index contributed by atoms with van der Waals surface area (Å²) in [6.07, 6.45) is 1.52. The van der Waals surface area contributed by atoms with E-state index in [1.165, 1.54) is 6.08 Å². The summed E-state index contributed by atoms with van der Waals surface area (Å²) in [5.41, 5.74) is 3.40. The van der Waals surface area contributed by atoms with Gasteiger partial charge in [-0.2, -0.15) is 5.26 Å². The summed E-state index contributed by atoms with van der Waals surface area (Å²) < 4.78 is 17.5. The summed E-state index contributed by atoms with van der Waals surface area (Å²) in [6.45, 7) is 2.43. The topological polar surface area (TPSA) is 80.6 Å². The number of halogens is 1. The zero-order valence-corrected chi connectivity index (χ0v) is 20.7. The zero-order chi connectivity index (χ0) is 23.8. The van der Waals surface area contributed by atoms with Gasteiger partial charge in [0, 0.05) is 5.69 Å². The molecular formula is C26H23IN2O4. The molecule has 3 aromatic carbocycles. The second kappa shape index (κ2) is 11.4. The number of amides is 1. The first-order valence-corrected chi connectivity index (χ1v) is 11.1. The number of benzene rings is 3. The maximum Gasteiger partial charge on any atom is 0.266 e. The van der Waals surface area contributed by atoms with Crippen molar-refractivity contribution in [1.82, 2.24) is 0 Å². The van der Waals surface area contributed by atoms with Gasteiger partial charge in [0.05, 0.1) is 17.8 Å². The summed E-state index contributed by atoms with van der Waals surface area (Å²) in [6, 6.07) is 20.5. The number of nitrogens with zero attached hydrogens (tertiary/aromatic N) is 1. The Hall–Kier alpha value is -3.51. The molecule has 0 unspecified atom stereocenters. The summed E-state index contributed by atoms with van der Waals surface area (Å²) in [5.74, 6) is 1.30. The van der Waals surface area contributed by atoms with Crippen LogP contribution >= 0.6 is 22.6 Å². The number of carbonyl (C=O) groups is 1. The molecule has 33 heavy (non-hydrogen) atoms. The molecular weight excluding hydrogens is 531 g/mol. The average molecular weight is 554 g/mol. The largest absolute Gasteiger partial charge is 0.497 e. The van der Waals surface area contributed by atoms with Crippen molar-refractivity contribution in [3.63, 3.8) is 0 Å². The van der Waals surface area contributed by atoms with Gasteiger partial charge in [0.15, 0.2) is 11.5 Å². The summed E-state index contributed by atoms with van der Waals surface area (Å²) in [5, 5.41) is 12.3. The van der Waals surface area contributed by atoms with Gasteiger partial charge >= 0.3 is 0 Å². The smallest absolute Gasteiger partial charge is 0.266 e. The first kappa shape index (κ1) is 24.1. The highest BCUT2D eigenvalue weighted by Gasteiger charge is 2.14. The van der Waals surface area contributed by atoms with E-state index in [1.54, 1.807) is 44.6 Å². The lowest BCUT2D eigenvalue weighted by Crippen LogP contribution is -2.13. The fourth-order valence-corrected chi connectivity index (χ4v) is 3.89. The van der Waals surface area contributed by atoms with Crippen LogP contribution in [0.2, 0.25) is 0 Å². The second-order valence-corrected chi connectivity index (χ2v) is 8.33. The Labute approximate surface area is 206 Å². The van der Waals surface area contributed by atoms with Gasteiger partial charge in [-0.15, -0.1) is 0 Å². The summed E-state index contributed by atoms with van der Waals surface area (Å²) in [7, 11) is 3.12. The lowest BCUT2D eigenvalue weighted by Gasteiger charge is -2.14. The molecule has 0 saturated carbocycles. The molecule has 0 aliphatic carbocycles. The lowest BCUT2D eigenvalue weighted by atomic mass is 10.1. The van der Waals surface area contributed by atoms with Crippen molar-refractivity contribution >= 4 is 40.3 Å². The molecule has 1 N–H and O–H groups in total. The van der Waals surface area contributed by atoms with Crippen LogP contribution < -0.4 is 19.5 Å². The number of hydrogen-bond acceptors (Lipinski definition) is 5. The fraction of sp³-hybridized carbons (Fsp3) is 0.154. The Bertz CT molecular complexity index is 1210. The van der Waals surface area contributed by atoms with Crippen LogP contribution in [-0.2, 0) is 11.4 Å². The van der Waals surface area contributed by atoms with Crippen molar-refractivity contribution in [3.8, 4) is 23.3 Å². The van der Waals surface area contributed by atoms with Crippen LogP contribution in [0.25, 0.3) is 6.08 Å². The molecule has 1 amide bonds. The molecule has 0 bridgehead atoms. The fourth-order valence-electron chi connectivity index (χ4n) is 3.11. The number of carbonyl (C=O) groups excluding carboxylic acids is 1. The normalized spacial score (nSPS) is 10.8. The van der Waals surface area contributed by atoms with E-state index in [9.17, 15) is 10.1 Å². The molecule has 0 heterocycles. The predicted molar refractivity (Wildman–Crippen MR) is 136 cm³/mol. The van der Waals surface area contributed by atoms with E-state index in [4.69, 9.17) is 14.2 Å². The molecule has 168 valence electrons. The van der Waals surface area contributed by atoms with Crippen LogP contribution in [0.5, 0.6) is 17.2 Å². The molecule has 0 saturated heterocycles. The van der Waals surface area contributed by atoms with Gasteiger partial charge in [-0.05, 0) is 83.1 Å². The molecule has 0 radical (unpaired) electrons. The van der Waals surface area contributed by atoms with Crippen LogP contribution in [0, 0.1) is 21.8 Å². The molecule has 0 fully saturated rings. The Morgan fingerprint density at radius 1 is 1.09 bits per heavy atom. The van der Waals surface area contributed by atoms with Gasteiger partial charge in [0.2, 0.25) is 0 Å². The Kier molecular flexibility index (Phi) is 8.33. The number of methoxy groups -OCH3 is 2. The van der Waals surface area contributed by atoms with Crippen LogP contribution in [0.1, 0.15) is 16.7 Å². The van der Waals surface area contributed by atoms with E-state index in [1.807, 2.05) is 37.3 Å². The maximum atomic E-state index is 12.6. The Morgan fingerprint density at radius 2 is 1.85 bits per heavy atom. The highest BCUT2D eigenvalue weighted by Crippen LogP contribution is 2.35. The number of aryl methyl sites for hydroxylation is 1. The average Bonchev–Trinajstić information content (AvgIpc) is 2.82. The van der Waals surface area contributed by atoms with Crippen LogP contribution in [0.3, 0.4) is 0 Å². The van der Waals surface area contributed by atoms with Gasteiger partial charge in [-0.3, -0.25) is 4.79 Å². The highest BCUT2D eigenvalue weighted by molar-refractivity contribution is 14.1. The minimum atomic E-state index is -0.503. The number of rotatable bonds is 8. The molecule has 0 spiro atoms. The quantitative estimate of drug-likeness (QED) is 0.218. The van der Waals surface area contributed by atoms with Gasteiger partial charge < -0.3 is 19.5 Å². The molecule has 0 aliphatic heterocycles. The minimum absolute atomic E-state index is 0.0305. The zero-order valence-electron chi connectivity index (χ0n) is 18.5. The molecule has 0 aromatic heterocycles. The van der Waals surface area contributed by atoms with Crippen molar-refractivity contribution in [3.05, 3.63) is 86.5 Å². The van der Waals surface area contributed by atoms with Crippen LogP contribution in [0.4, 0.5) is 5.69 Å². The summed E-state index contributed by atoms with van der Waals surface area (Å²) >= 11 is 2.16. The van der Waals surface area contributed by atoms with Crippen molar-refractivity contribution in [1.29, 1.82) is 5.26 Å². The number of anilines is 1. The number of nitriles is 1. The molecule has 6 nitrogen and oxygen atoms in total. The van der Waals surface area contributed by atoms with Crippen LogP contribution in [0.15, 0.2) is 66.2 Å².